The van der Waals surface area contributed by atoms with Gasteiger partial charge in [0.1, 0.15) is 17.7 Å². The fourth-order valence-corrected chi connectivity index (χ4v) is 2.31. The number of rotatable bonds is 4. The highest BCUT2D eigenvalue weighted by Gasteiger charge is 2.17. The van der Waals surface area contributed by atoms with Crippen LogP contribution in [-0.2, 0) is 0 Å². The summed E-state index contributed by atoms with van der Waals surface area (Å²) in [4.78, 5) is 0. The minimum atomic E-state index is -0.823. The van der Waals surface area contributed by atoms with Crippen molar-refractivity contribution >= 4 is 0 Å². The van der Waals surface area contributed by atoms with Crippen LogP contribution < -0.4 is 4.74 Å². The molecule has 0 amide bonds. The van der Waals surface area contributed by atoms with Crippen molar-refractivity contribution < 1.29 is 14.2 Å². The van der Waals surface area contributed by atoms with Crippen molar-refractivity contribution in [2.24, 2.45) is 0 Å². The van der Waals surface area contributed by atoms with Crippen LogP contribution >= 0.6 is 0 Å². The van der Waals surface area contributed by atoms with E-state index in [1.54, 1.807) is 26.0 Å². The van der Waals surface area contributed by atoms with Gasteiger partial charge >= 0.3 is 0 Å². The predicted octanol–water partition coefficient (Wildman–Crippen LogP) is 3.92. The Kier molecular flexibility index (Phi) is 4.40. The molecule has 0 spiro atoms. The second kappa shape index (κ2) is 6.06. The minimum Gasteiger partial charge on any atom is -0.493 e. The van der Waals surface area contributed by atoms with E-state index in [0.29, 0.717) is 34.6 Å². The SMILES string of the molecule is CCOc1ccccc1C(O)c1cc(C)c(F)c(C)c1. The molecule has 0 aliphatic heterocycles. The molecular weight excluding hydrogens is 255 g/mol. The van der Waals surface area contributed by atoms with E-state index in [4.69, 9.17) is 4.74 Å². The molecule has 2 aromatic rings. The topological polar surface area (TPSA) is 29.5 Å². The third kappa shape index (κ3) is 2.83. The molecule has 0 fully saturated rings. The van der Waals surface area contributed by atoms with Gasteiger partial charge < -0.3 is 9.84 Å². The number of hydrogen-bond donors (Lipinski definition) is 1. The smallest absolute Gasteiger partial charge is 0.129 e. The number of aliphatic hydroxyl groups is 1. The van der Waals surface area contributed by atoms with Crippen LogP contribution in [0.25, 0.3) is 0 Å². The maximum atomic E-state index is 13.7. The Hall–Kier alpha value is -1.87. The molecule has 0 aliphatic carbocycles. The van der Waals surface area contributed by atoms with E-state index >= 15 is 0 Å². The second-order valence-corrected chi connectivity index (χ2v) is 4.84. The van der Waals surface area contributed by atoms with Crippen molar-refractivity contribution in [2.45, 2.75) is 26.9 Å². The molecule has 1 N–H and O–H groups in total. The number of aliphatic hydroxyl groups excluding tert-OH is 1. The molecule has 0 aromatic heterocycles. The zero-order valence-corrected chi connectivity index (χ0v) is 12.0. The molecule has 20 heavy (non-hydrogen) atoms. The van der Waals surface area contributed by atoms with Gasteiger partial charge in [-0.05, 0) is 43.5 Å². The number of benzene rings is 2. The van der Waals surface area contributed by atoms with Crippen LogP contribution in [0.2, 0.25) is 0 Å². The van der Waals surface area contributed by atoms with Gasteiger partial charge in [0.25, 0.3) is 0 Å². The first-order valence-corrected chi connectivity index (χ1v) is 6.71. The molecule has 2 aromatic carbocycles. The third-order valence-corrected chi connectivity index (χ3v) is 3.29. The van der Waals surface area contributed by atoms with Crippen LogP contribution in [0.15, 0.2) is 36.4 Å². The van der Waals surface area contributed by atoms with Gasteiger partial charge in [0.2, 0.25) is 0 Å². The Morgan fingerprint density at radius 3 is 2.35 bits per heavy atom. The number of halogens is 1. The number of aryl methyl sites for hydroxylation is 2. The lowest BCUT2D eigenvalue weighted by Crippen LogP contribution is -2.05. The van der Waals surface area contributed by atoms with Gasteiger partial charge in [-0.2, -0.15) is 0 Å². The van der Waals surface area contributed by atoms with E-state index in [9.17, 15) is 9.50 Å². The quantitative estimate of drug-likeness (QED) is 0.915. The standard InChI is InChI=1S/C17H19FO2/c1-4-20-15-8-6-5-7-14(15)17(19)13-9-11(2)16(18)12(3)10-13/h5-10,17,19H,4H2,1-3H3. The van der Waals surface area contributed by atoms with Crippen LogP contribution in [-0.4, -0.2) is 11.7 Å². The van der Waals surface area contributed by atoms with E-state index < -0.39 is 6.10 Å². The summed E-state index contributed by atoms with van der Waals surface area (Å²) in [5.74, 6) is 0.432. The summed E-state index contributed by atoms with van der Waals surface area (Å²) in [6.45, 7) is 5.83. The highest BCUT2D eigenvalue weighted by molar-refractivity contribution is 5.42. The summed E-state index contributed by atoms with van der Waals surface area (Å²) in [6.07, 6.45) is -0.823. The summed E-state index contributed by atoms with van der Waals surface area (Å²) < 4.78 is 19.2. The lowest BCUT2D eigenvalue weighted by molar-refractivity contribution is 0.211. The van der Waals surface area contributed by atoms with Gasteiger partial charge in [-0.1, -0.05) is 30.3 Å². The zero-order chi connectivity index (χ0) is 14.7. The third-order valence-electron chi connectivity index (χ3n) is 3.29. The second-order valence-electron chi connectivity index (χ2n) is 4.84. The molecule has 0 heterocycles. The molecule has 106 valence electrons. The van der Waals surface area contributed by atoms with Crippen LogP contribution in [0.5, 0.6) is 5.75 Å². The van der Waals surface area contributed by atoms with Crippen molar-refractivity contribution in [3.05, 3.63) is 64.5 Å². The summed E-state index contributed by atoms with van der Waals surface area (Å²) in [6, 6.07) is 10.7. The number of ether oxygens (including phenoxy) is 1. The largest absolute Gasteiger partial charge is 0.493 e. The number of para-hydroxylation sites is 1. The van der Waals surface area contributed by atoms with Crippen LogP contribution in [0, 0.1) is 19.7 Å². The maximum Gasteiger partial charge on any atom is 0.129 e. The van der Waals surface area contributed by atoms with Gasteiger partial charge in [-0.3, -0.25) is 0 Å². The van der Waals surface area contributed by atoms with E-state index in [1.807, 2.05) is 31.2 Å². The fourth-order valence-electron chi connectivity index (χ4n) is 2.31. The zero-order valence-electron chi connectivity index (χ0n) is 12.0. The van der Waals surface area contributed by atoms with Gasteiger partial charge in [0, 0.05) is 5.56 Å². The molecule has 0 saturated carbocycles. The minimum absolute atomic E-state index is 0.223. The molecule has 2 rings (SSSR count). The predicted molar refractivity (Wildman–Crippen MR) is 77.5 cm³/mol. The lowest BCUT2D eigenvalue weighted by Gasteiger charge is -2.17. The van der Waals surface area contributed by atoms with Gasteiger partial charge in [0.05, 0.1) is 6.61 Å². The molecule has 1 atom stereocenters. The van der Waals surface area contributed by atoms with E-state index in [-0.39, 0.29) is 5.82 Å². The molecular formula is C17H19FO2. The average Bonchev–Trinajstić information content (AvgIpc) is 2.44. The van der Waals surface area contributed by atoms with Gasteiger partial charge in [-0.15, -0.1) is 0 Å². The van der Waals surface area contributed by atoms with Crippen molar-refractivity contribution in [1.82, 2.24) is 0 Å². The summed E-state index contributed by atoms with van der Waals surface area (Å²) >= 11 is 0. The summed E-state index contributed by atoms with van der Waals surface area (Å²) in [7, 11) is 0. The lowest BCUT2D eigenvalue weighted by atomic mass is 9.97. The van der Waals surface area contributed by atoms with E-state index in [0.717, 1.165) is 0 Å². The average molecular weight is 274 g/mol. The highest BCUT2D eigenvalue weighted by atomic mass is 19.1. The molecule has 3 heteroatoms. The maximum absolute atomic E-state index is 13.7. The van der Waals surface area contributed by atoms with E-state index in [2.05, 4.69) is 0 Å². The summed E-state index contributed by atoms with van der Waals surface area (Å²) in [5.41, 5.74) is 2.44. The van der Waals surface area contributed by atoms with Crippen LogP contribution in [0.4, 0.5) is 4.39 Å². The molecule has 0 radical (unpaired) electrons. The van der Waals surface area contributed by atoms with Crippen molar-refractivity contribution in [1.29, 1.82) is 0 Å². The molecule has 1 unspecified atom stereocenters. The molecule has 2 nitrogen and oxygen atoms in total. The Morgan fingerprint density at radius 2 is 1.75 bits per heavy atom. The van der Waals surface area contributed by atoms with Gasteiger partial charge in [-0.25, -0.2) is 4.39 Å². The Morgan fingerprint density at radius 1 is 1.15 bits per heavy atom. The monoisotopic (exact) mass is 274 g/mol. The van der Waals surface area contributed by atoms with Crippen LogP contribution in [0.1, 0.15) is 35.3 Å². The molecule has 0 aliphatic rings. The Balaban J connectivity index is 2.43. The Labute approximate surface area is 118 Å². The normalized spacial score (nSPS) is 12.2. The van der Waals surface area contributed by atoms with Gasteiger partial charge in [0.15, 0.2) is 0 Å². The first-order valence-electron chi connectivity index (χ1n) is 6.71. The van der Waals surface area contributed by atoms with Crippen LogP contribution in [0.3, 0.4) is 0 Å². The fraction of sp³-hybridized carbons (Fsp3) is 0.294. The summed E-state index contributed by atoms with van der Waals surface area (Å²) in [5, 5.41) is 10.5. The first kappa shape index (κ1) is 14.5. The number of hydrogen-bond acceptors (Lipinski definition) is 2. The highest BCUT2D eigenvalue weighted by Crippen LogP contribution is 2.31. The molecule has 0 saturated heterocycles. The van der Waals surface area contributed by atoms with Crippen molar-refractivity contribution in [3.8, 4) is 5.75 Å². The van der Waals surface area contributed by atoms with E-state index in [1.165, 1.54) is 0 Å². The first-order chi connectivity index (χ1) is 9.54. The van der Waals surface area contributed by atoms with Crippen molar-refractivity contribution in [2.75, 3.05) is 6.61 Å². The molecule has 0 bridgehead atoms. The van der Waals surface area contributed by atoms with Crippen molar-refractivity contribution in [3.63, 3.8) is 0 Å². The Bertz CT molecular complexity index is 585.